The number of fused-ring (bicyclic) bond motifs is 2. The van der Waals surface area contributed by atoms with Gasteiger partial charge in [-0.3, -0.25) is 9.79 Å². The largest absolute Gasteiger partial charge is 0.308 e. The molecule has 3 rings (SSSR count). The predicted octanol–water partition coefficient (Wildman–Crippen LogP) is 3.66. The van der Waals surface area contributed by atoms with Gasteiger partial charge in [0.05, 0.1) is 23.6 Å². The molecule has 0 saturated heterocycles. The van der Waals surface area contributed by atoms with E-state index >= 15 is 0 Å². The van der Waals surface area contributed by atoms with E-state index in [1.807, 2.05) is 62.4 Å². The van der Waals surface area contributed by atoms with Crippen LogP contribution in [0.25, 0.3) is 11.4 Å². The number of benzene rings is 2. The third kappa shape index (κ3) is 3.02. The molecule has 0 unspecified atom stereocenters. The first-order chi connectivity index (χ1) is 12.5. The molecule has 134 valence electrons. The van der Waals surface area contributed by atoms with Gasteiger partial charge in [-0.25, -0.2) is 5.84 Å². The summed E-state index contributed by atoms with van der Waals surface area (Å²) in [7, 11) is 0. The second-order valence-electron chi connectivity index (χ2n) is 6.64. The van der Waals surface area contributed by atoms with Gasteiger partial charge in [0.15, 0.2) is 0 Å². The standard InChI is InChI=1S/C21H24N4O/c1-14(2)25(22)21-17-10-6-5-9-16(17)13-24(15(3)26)19-12-8-7-11-18(19)20(21)23-4/h5-12,14H,4,13,22H2,1-3H3/b21-20-. The van der Waals surface area contributed by atoms with Crippen LogP contribution in [0.3, 0.4) is 0 Å². The Balaban J connectivity index is 2.43. The zero-order chi connectivity index (χ0) is 18.8. The SMILES string of the molecule is C=N/C1=C(\N(N)C(C)C)c2ccccc2CN(C(C)=O)c2ccccc21. The van der Waals surface area contributed by atoms with Gasteiger partial charge in [0, 0.05) is 24.1 Å². The lowest BCUT2D eigenvalue weighted by Crippen LogP contribution is -2.38. The number of amides is 1. The summed E-state index contributed by atoms with van der Waals surface area (Å²) in [5.41, 5.74) is 5.14. The fourth-order valence-corrected chi connectivity index (χ4v) is 3.27. The Hall–Kier alpha value is -2.92. The zero-order valence-corrected chi connectivity index (χ0v) is 15.4. The van der Waals surface area contributed by atoms with Gasteiger partial charge in [-0.1, -0.05) is 42.5 Å². The molecule has 1 amide bonds. The number of para-hydroxylation sites is 1. The molecule has 2 N–H and O–H groups in total. The molecule has 0 fully saturated rings. The average molecular weight is 348 g/mol. The lowest BCUT2D eigenvalue weighted by molar-refractivity contribution is -0.116. The highest BCUT2D eigenvalue weighted by Gasteiger charge is 2.27. The van der Waals surface area contributed by atoms with Gasteiger partial charge in [0.1, 0.15) is 0 Å². The van der Waals surface area contributed by atoms with Crippen molar-refractivity contribution < 1.29 is 4.79 Å². The molecule has 0 radical (unpaired) electrons. The molecule has 1 aliphatic rings. The van der Waals surface area contributed by atoms with E-state index in [0.717, 1.165) is 28.1 Å². The van der Waals surface area contributed by atoms with Crippen LogP contribution in [0, 0.1) is 0 Å². The molecule has 5 heteroatoms. The number of anilines is 1. The van der Waals surface area contributed by atoms with Crippen LogP contribution in [0.5, 0.6) is 0 Å². The van der Waals surface area contributed by atoms with Crippen LogP contribution in [0.15, 0.2) is 53.5 Å². The highest BCUT2D eigenvalue weighted by atomic mass is 16.2. The van der Waals surface area contributed by atoms with Gasteiger partial charge in [-0.15, -0.1) is 0 Å². The average Bonchev–Trinajstić information content (AvgIpc) is 2.62. The lowest BCUT2D eigenvalue weighted by Gasteiger charge is -2.33. The van der Waals surface area contributed by atoms with Gasteiger partial charge in [-0.2, -0.15) is 0 Å². The molecule has 1 heterocycles. The van der Waals surface area contributed by atoms with E-state index in [0.29, 0.717) is 12.2 Å². The monoisotopic (exact) mass is 348 g/mol. The first-order valence-corrected chi connectivity index (χ1v) is 8.66. The van der Waals surface area contributed by atoms with Gasteiger partial charge in [0.2, 0.25) is 5.91 Å². The Morgan fingerprint density at radius 3 is 2.38 bits per heavy atom. The van der Waals surface area contributed by atoms with Gasteiger partial charge >= 0.3 is 0 Å². The molecule has 2 aromatic carbocycles. The second-order valence-corrected chi connectivity index (χ2v) is 6.64. The Morgan fingerprint density at radius 1 is 1.15 bits per heavy atom. The van der Waals surface area contributed by atoms with Crippen molar-refractivity contribution in [1.82, 2.24) is 5.01 Å². The minimum atomic E-state index is -0.0208. The molecule has 2 aromatic rings. The lowest BCUT2D eigenvalue weighted by atomic mass is 9.95. The molecule has 0 atom stereocenters. The summed E-state index contributed by atoms with van der Waals surface area (Å²) < 4.78 is 0. The fraction of sp³-hybridized carbons (Fsp3) is 0.238. The van der Waals surface area contributed by atoms with Crippen LogP contribution in [-0.2, 0) is 11.3 Å². The van der Waals surface area contributed by atoms with Crippen LogP contribution < -0.4 is 10.7 Å². The molecule has 26 heavy (non-hydrogen) atoms. The zero-order valence-electron chi connectivity index (χ0n) is 15.4. The van der Waals surface area contributed by atoms with E-state index in [9.17, 15) is 4.79 Å². The number of rotatable bonds is 3. The van der Waals surface area contributed by atoms with Crippen LogP contribution in [0.2, 0.25) is 0 Å². The number of carbonyl (C=O) groups is 1. The van der Waals surface area contributed by atoms with E-state index in [4.69, 9.17) is 5.84 Å². The Bertz CT molecular complexity index is 885. The van der Waals surface area contributed by atoms with Gasteiger partial charge in [-0.05, 0) is 32.2 Å². The molecule has 0 saturated carbocycles. The number of nitrogens with two attached hydrogens (primary N) is 1. The van der Waals surface area contributed by atoms with Crippen LogP contribution in [0.4, 0.5) is 5.69 Å². The second kappa shape index (κ2) is 7.14. The Kier molecular flexibility index (Phi) is 4.91. The fourth-order valence-electron chi connectivity index (χ4n) is 3.27. The molecule has 0 spiro atoms. The van der Waals surface area contributed by atoms with E-state index in [2.05, 4.69) is 11.7 Å². The topological polar surface area (TPSA) is 61.9 Å². The molecular formula is C21H24N4O. The summed E-state index contributed by atoms with van der Waals surface area (Å²) in [6, 6.07) is 15.8. The first-order valence-electron chi connectivity index (χ1n) is 8.66. The number of hydrogen-bond donors (Lipinski definition) is 1. The van der Waals surface area contributed by atoms with Crippen molar-refractivity contribution in [2.45, 2.75) is 33.4 Å². The molecule has 0 aliphatic carbocycles. The molecule has 5 nitrogen and oxygen atoms in total. The summed E-state index contributed by atoms with van der Waals surface area (Å²) in [5, 5.41) is 1.73. The highest BCUT2D eigenvalue weighted by Crippen LogP contribution is 2.39. The van der Waals surface area contributed by atoms with Crippen molar-refractivity contribution in [2.24, 2.45) is 10.8 Å². The number of nitrogens with zero attached hydrogens (tertiary/aromatic N) is 3. The number of hydrazine groups is 1. The predicted molar refractivity (Wildman–Crippen MR) is 107 cm³/mol. The van der Waals surface area contributed by atoms with Gasteiger partial charge < -0.3 is 9.91 Å². The van der Waals surface area contributed by atoms with Crippen molar-refractivity contribution in [3.63, 3.8) is 0 Å². The van der Waals surface area contributed by atoms with E-state index in [1.165, 1.54) is 0 Å². The van der Waals surface area contributed by atoms with Crippen molar-refractivity contribution in [3.05, 3.63) is 65.2 Å². The molecule has 0 aromatic heterocycles. The number of aliphatic imine (C=N–C) groups is 1. The Morgan fingerprint density at radius 2 is 1.77 bits per heavy atom. The third-order valence-corrected chi connectivity index (χ3v) is 4.63. The van der Waals surface area contributed by atoms with Crippen molar-refractivity contribution in [2.75, 3.05) is 4.90 Å². The summed E-state index contributed by atoms with van der Waals surface area (Å²) in [4.78, 5) is 18.5. The summed E-state index contributed by atoms with van der Waals surface area (Å²) in [5.74, 6) is 6.43. The van der Waals surface area contributed by atoms with E-state index < -0.39 is 0 Å². The maximum absolute atomic E-state index is 12.4. The van der Waals surface area contributed by atoms with E-state index in [1.54, 1.807) is 16.8 Å². The third-order valence-electron chi connectivity index (χ3n) is 4.63. The van der Waals surface area contributed by atoms with Crippen molar-refractivity contribution in [1.29, 1.82) is 0 Å². The minimum absolute atomic E-state index is 0.0208. The summed E-state index contributed by atoms with van der Waals surface area (Å²) >= 11 is 0. The molecule has 0 bridgehead atoms. The van der Waals surface area contributed by atoms with Crippen molar-refractivity contribution in [3.8, 4) is 0 Å². The molecular weight excluding hydrogens is 324 g/mol. The maximum atomic E-state index is 12.4. The minimum Gasteiger partial charge on any atom is -0.308 e. The number of carbonyl (C=O) groups excluding carboxylic acids is 1. The molecule has 1 aliphatic heterocycles. The van der Waals surface area contributed by atoms with Crippen LogP contribution in [-0.4, -0.2) is 23.7 Å². The summed E-state index contributed by atoms with van der Waals surface area (Å²) in [6.45, 7) is 9.91. The highest BCUT2D eigenvalue weighted by molar-refractivity contribution is 6.01. The summed E-state index contributed by atoms with van der Waals surface area (Å²) in [6.07, 6.45) is 0. The quantitative estimate of drug-likeness (QED) is 0.523. The smallest absolute Gasteiger partial charge is 0.224 e. The Labute approximate surface area is 154 Å². The van der Waals surface area contributed by atoms with Crippen LogP contribution >= 0.6 is 0 Å². The maximum Gasteiger partial charge on any atom is 0.224 e. The van der Waals surface area contributed by atoms with Gasteiger partial charge in [0.25, 0.3) is 0 Å². The van der Waals surface area contributed by atoms with Crippen LogP contribution in [0.1, 0.15) is 37.5 Å². The van der Waals surface area contributed by atoms with E-state index in [-0.39, 0.29) is 11.9 Å². The first kappa shape index (κ1) is 17.9. The van der Waals surface area contributed by atoms with Crippen molar-refractivity contribution >= 4 is 29.7 Å². The number of hydrogen-bond acceptors (Lipinski definition) is 4. The normalized spacial score (nSPS) is 16.4.